The van der Waals surface area contributed by atoms with Gasteiger partial charge in [0, 0.05) is 6.54 Å². The van der Waals surface area contributed by atoms with Gasteiger partial charge in [0.15, 0.2) is 6.61 Å². The summed E-state index contributed by atoms with van der Waals surface area (Å²) < 4.78 is 54.1. The second-order valence-corrected chi connectivity index (χ2v) is 3.76. The van der Waals surface area contributed by atoms with Crippen LogP contribution in [0.25, 0.3) is 0 Å². The molecule has 1 aromatic rings. The number of halogens is 4. The van der Waals surface area contributed by atoms with Gasteiger partial charge in [-0.3, -0.25) is 0 Å². The van der Waals surface area contributed by atoms with Crippen molar-refractivity contribution in [2.24, 2.45) is 0 Å². The number of hydrogen-bond donors (Lipinski definition) is 1. The van der Waals surface area contributed by atoms with Crippen molar-refractivity contribution in [2.45, 2.75) is 18.9 Å². The van der Waals surface area contributed by atoms with Crippen LogP contribution >= 0.6 is 0 Å². The molecule has 19 heavy (non-hydrogen) atoms. The van der Waals surface area contributed by atoms with Gasteiger partial charge in [-0.25, -0.2) is 8.78 Å². The van der Waals surface area contributed by atoms with Crippen molar-refractivity contribution in [1.82, 2.24) is 5.32 Å². The van der Waals surface area contributed by atoms with E-state index >= 15 is 0 Å². The molecule has 1 rings (SSSR count). The predicted molar refractivity (Wildman–Crippen MR) is 60.2 cm³/mol. The fourth-order valence-corrected chi connectivity index (χ4v) is 1.31. The lowest BCUT2D eigenvalue weighted by atomic mass is 10.2. The molecule has 0 spiro atoms. The zero-order chi connectivity index (χ0) is 14.3. The van der Waals surface area contributed by atoms with Crippen molar-refractivity contribution in [2.75, 3.05) is 13.2 Å². The van der Waals surface area contributed by atoms with Crippen LogP contribution in [0.2, 0.25) is 0 Å². The Kier molecular flexibility index (Phi) is 5.57. The monoisotopic (exact) mass is 276 g/mol. The first-order valence-corrected chi connectivity index (χ1v) is 5.41. The lowest BCUT2D eigenvalue weighted by Gasteiger charge is -2.15. The van der Waals surface area contributed by atoms with Crippen LogP contribution in [-0.2, 0) is 6.54 Å². The summed E-state index contributed by atoms with van der Waals surface area (Å²) in [5.41, 5.74) is 0.598. The van der Waals surface area contributed by atoms with Crippen molar-refractivity contribution < 1.29 is 22.3 Å². The Morgan fingerprint density at radius 3 is 2.74 bits per heavy atom. The Morgan fingerprint density at radius 1 is 1.37 bits per heavy atom. The second-order valence-electron chi connectivity index (χ2n) is 3.76. The van der Waals surface area contributed by atoms with E-state index in [2.05, 4.69) is 5.32 Å². The molecule has 0 radical (unpaired) electrons. The average molecular weight is 276 g/mol. The van der Waals surface area contributed by atoms with E-state index in [-0.39, 0.29) is 13.2 Å². The fraction of sp³-hybridized carbons (Fsp3) is 0.417. The van der Waals surface area contributed by atoms with Gasteiger partial charge in [0.05, 0.1) is 6.54 Å². The first-order valence-electron chi connectivity index (χ1n) is 5.41. The molecule has 0 heterocycles. The molecule has 1 N–H and O–H groups in total. The van der Waals surface area contributed by atoms with Gasteiger partial charge in [-0.15, -0.1) is 0 Å². The minimum absolute atomic E-state index is 0.00602. The molecular formula is C12H12F4N2O. The third-order valence-corrected chi connectivity index (χ3v) is 2.21. The first kappa shape index (κ1) is 15.2. The predicted octanol–water partition coefficient (Wildman–Crippen LogP) is 2.58. The number of nitrogens with zero attached hydrogens (tertiary/aromatic N) is 1. The molecule has 0 aliphatic rings. The molecule has 104 valence electrons. The number of benzene rings is 1. The molecule has 0 aromatic heterocycles. The summed E-state index contributed by atoms with van der Waals surface area (Å²) in [6.45, 7) is -1.22. The molecule has 0 amide bonds. The average Bonchev–Trinajstić information content (AvgIpc) is 2.36. The molecule has 0 aliphatic carbocycles. The van der Waals surface area contributed by atoms with Gasteiger partial charge < -0.3 is 10.1 Å². The van der Waals surface area contributed by atoms with E-state index in [1.807, 2.05) is 0 Å². The highest BCUT2D eigenvalue weighted by Gasteiger charge is 2.39. The van der Waals surface area contributed by atoms with Crippen LogP contribution in [-0.4, -0.2) is 25.5 Å². The lowest BCUT2D eigenvalue weighted by molar-refractivity contribution is -0.125. The minimum atomic E-state index is -4.05. The maximum Gasteiger partial charge on any atom is 0.319 e. The van der Waals surface area contributed by atoms with Crippen LogP contribution in [0.1, 0.15) is 5.56 Å². The molecule has 7 heteroatoms. The van der Waals surface area contributed by atoms with Gasteiger partial charge in [-0.05, 0) is 17.7 Å². The van der Waals surface area contributed by atoms with Crippen molar-refractivity contribution in [3.8, 4) is 11.8 Å². The number of nitriles is 1. The molecule has 0 fully saturated rings. The van der Waals surface area contributed by atoms with Crippen LogP contribution in [0.3, 0.4) is 0 Å². The van der Waals surface area contributed by atoms with E-state index in [1.54, 1.807) is 30.3 Å². The molecular weight excluding hydrogens is 264 g/mol. The molecule has 3 nitrogen and oxygen atoms in total. The Hall–Kier alpha value is -1.81. The topological polar surface area (TPSA) is 45.0 Å². The molecule has 0 saturated carbocycles. The number of nitrogens with one attached hydrogen (secondary N) is 1. The highest BCUT2D eigenvalue weighted by atomic mass is 19.3. The first-order chi connectivity index (χ1) is 8.95. The van der Waals surface area contributed by atoms with Crippen LogP contribution in [0.15, 0.2) is 24.3 Å². The number of alkyl halides is 4. The summed E-state index contributed by atoms with van der Waals surface area (Å²) in [6.07, 6.45) is -3.69. The highest BCUT2D eigenvalue weighted by Crippen LogP contribution is 2.21. The Bertz CT molecular complexity index is 446. The molecule has 1 aromatic carbocycles. The normalized spacial score (nSPS) is 11.4. The van der Waals surface area contributed by atoms with Crippen molar-refractivity contribution in [1.29, 1.82) is 5.26 Å². The number of rotatable bonds is 7. The summed E-state index contributed by atoms with van der Waals surface area (Å²) in [5, 5.41) is 10.6. The second kappa shape index (κ2) is 6.95. The third kappa shape index (κ3) is 5.14. The van der Waals surface area contributed by atoms with Crippen LogP contribution in [0.4, 0.5) is 17.6 Å². The fourth-order valence-electron chi connectivity index (χ4n) is 1.31. The molecule has 0 bridgehead atoms. The standard InChI is InChI=1S/C12H12F4N2O/c13-11(14)12(15,16)8-18-7-9-2-1-3-10(6-9)19-5-4-17/h1-3,6,11,18H,5,7-8H2. The summed E-state index contributed by atoms with van der Waals surface area (Å²) >= 11 is 0. The van der Waals surface area contributed by atoms with Crippen molar-refractivity contribution in [3.63, 3.8) is 0 Å². The van der Waals surface area contributed by atoms with Gasteiger partial charge >= 0.3 is 12.3 Å². The lowest BCUT2D eigenvalue weighted by Crippen LogP contribution is -2.38. The Morgan fingerprint density at radius 2 is 2.11 bits per heavy atom. The van der Waals surface area contributed by atoms with Gasteiger partial charge in [0.2, 0.25) is 0 Å². The molecule has 0 aliphatic heterocycles. The third-order valence-electron chi connectivity index (χ3n) is 2.21. The van der Waals surface area contributed by atoms with Gasteiger partial charge in [0.1, 0.15) is 11.8 Å². The van der Waals surface area contributed by atoms with Crippen LogP contribution in [0, 0.1) is 11.3 Å². The zero-order valence-corrected chi connectivity index (χ0v) is 9.88. The van der Waals surface area contributed by atoms with Crippen molar-refractivity contribution in [3.05, 3.63) is 29.8 Å². The summed E-state index contributed by atoms with van der Waals surface area (Å²) in [4.78, 5) is 0. The van der Waals surface area contributed by atoms with Gasteiger partial charge in [-0.1, -0.05) is 12.1 Å². The minimum Gasteiger partial charge on any atom is -0.479 e. The molecule has 0 unspecified atom stereocenters. The van der Waals surface area contributed by atoms with E-state index in [9.17, 15) is 17.6 Å². The number of ether oxygens (including phenoxy) is 1. The Balaban J connectivity index is 2.48. The molecule has 0 saturated heterocycles. The highest BCUT2D eigenvalue weighted by molar-refractivity contribution is 5.28. The van der Waals surface area contributed by atoms with Crippen LogP contribution < -0.4 is 10.1 Å². The zero-order valence-electron chi connectivity index (χ0n) is 9.88. The van der Waals surface area contributed by atoms with E-state index < -0.39 is 18.9 Å². The smallest absolute Gasteiger partial charge is 0.319 e. The van der Waals surface area contributed by atoms with Gasteiger partial charge in [-0.2, -0.15) is 14.0 Å². The maximum atomic E-state index is 12.6. The van der Waals surface area contributed by atoms with Gasteiger partial charge in [0.25, 0.3) is 0 Å². The SMILES string of the molecule is N#CCOc1cccc(CNCC(F)(F)C(F)F)c1. The van der Waals surface area contributed by atoms with E-state index in [4.69, 9.17) is 10.00 Å². The summed E-state index contributed by atoms with van der Waals surface area (Å²) in [5.74, 6) is -3.63. The van der Waals surface area contributed by atoms with E-state index in [0.717, 1.165) is 0 Å². The number of hydrogen-bond acceptors (Lipinski definition) is 3. The maximum absolute atomic E-state index is 12.6. The summed E-state index contributed by atoms with van der Waals surface area (Å²) in [7, 11) is 0. The molecule has 0 atom stereocenters. The quantitative estimate of drug-likeness (QED) is 0.778. The van der Waals surface area contributed by atoms with Crippen molar-refractivity contribution >= 4 is 0 Å². The van der Waals surface area contributed by atoms with E-state index in [1.165, 1.54) is 0 Å². The summed E-state index contributed by atoms with van der Waals surface area (Å²) in [6, 6.07) is 8.19. The van der Waals surface area contributed by atoms with E-state index in [0.29, 0.717) is 11.3 Å². The van der Waals surface area contributed by atoms with Crippen LogP contribution in [0.5, 0.6) is 5.75 Å². The Labute approximate surface area is 107 Å². The largest absolute Gasteiger partial charge is 0.479 e.